The van der Waals surface area contributed by atoms with Gasteiger partial charge in [-0.25, -0.2) is 4.39 Å². The number of anilines is 2. The van der Waals surface area contributed by atoms with Crippen molar-refractivity contribution in [3.05, 3.63) is 83.7 Å². The lowest BCUT2D eigenvalue weighted by Gasteiger charge is -2.13. The van der Waals surface area contributed by atoms with Crippen molar-refractivity contribution >= 4 is 23.2 Å². The number of carbonyl (C=O) groups is 2. The minimum absolute atomic E-state index is 0.276. The van der Waals surface area contributed by atoms with Crippen molar-refractivity contribution in [3.63, 3.8) is 0 Å². The van der Waals surface area contributed by atoms with Crippen molar-refractivity contribution in [3.8, 4) is 11.5 Å². The number of nitrogens with one attached hydrogen (secondary N) is 2. The predicted molar refractivity (Wildman–Crippen MR) is 108 cm³/mol. The summed E-state index contributed by atoms with van der Waals surface area (Å²) in [7, 11) is 3.03. The maximum absolute atomic E-state index is 13.1. The Labute approximate surface area is 167 Å². The summed E-state index contributed by atoms with van der Waals surface area (Å²) in [6, 6.07) is 16.7. The summed E-state index contributed by atoms with van der Waals surface area (Å²) in [6.45, 7) is 0. The molecule has 2 amide bonds. The van der Waals surface area contributed by atoms with Gasteiger partial charge in [-0.05, 0) is 48.5 Å². The van der Waals surface area contributed by atoms with E-state index in [0.29, 0.717) is 22.9 Å². The zero-order valence-corrected chi connectivity index (χ0v) is 15.9. The zero-order chi connectivity index (χ0) is 20.8. The summed E-state index contributed by atoms with van der Waals surface area (Å²) < 4.78 is 23.5. The van der Waals surface area contributed by atoms with Crippen LogP contribution in [0.2, 0.25) is 0 Å². The number of ether oxygens (including phenoxy) is 2. The highest BCUT2D eigenvalue weighted by Gasteiger charge is 2.15. The molecule has 148 valence electrons. The van der Waals surface area contributed by atoms with E-state index in [4.69, 9.17) is 9.47 Å². The largest absolute Gasteiger partial charge is 0.493 e. The fourth-order valence-electron chi connectivity index (χ4n) is 2.70. The molecule has 0 aliphatic carbocycles. The Morgan fingerprint density at radius 1 is 0.793 bits per heavy atom. The van der Waals surface area contributed by atoms with Crippen LogP contribution in [0, 0.1) is 5.82 Å². The van der Waals surface area contributed by atoms with Crippen LogP contribution < -0.4 is 20.1 Å². The summed E-state index contributed by atoms with van der Waals surface area (Å²) in [5, 5.41) is 5.46. The maximum atomic E-state index is 13.1. The van der Waals surface area contributed by atoms with Crippen LogP contribution in [0.25, 0.3) is 0 Å². The third kappa shape index (κ3) is 4.70. The van der Waals surface area contributed by atoms with Crippen LogP contribution in [-0.4, -0.2) is 26.0 Å². The van der Waals surface area contributed by atoms with Gasteiger partial charge in [0.2, 0.25) is 0 Å². The number of para-hydroxylation sites is 1. The van der Waals surface area contributed by atoms with Crippen molar-refractivity contribution in [2.45, 2.75) is 0 Å². The molecule has 0 radical (unpaired) electrons. The van der Waals surface area contributed by atoms with Gasteiger partial charge in [0.1, 0.15) is 5.82 Å². The second kappa shape index (κ2) is 8.88. The van der Waals surface area contributed by atoms with E-state index < -0.39 is 17.6 Å². The van der Waals surface area contributed by atoms with Gasteiger partial charge in [0.05, 0.1) is 25.5 Å². The van der Waals surface area contributed by atoms with Crippen LogP contribution in [0.4, 0.5) is 15.8 Å². The Bertz CT molecular complexity index is 1040. The first-order valence-corrected chi connectivity index (χ1v) is 8.71. The number of hydrogen-bond donors (Lipinski definition) is 2. The molecule has 0 aliphatic heterocycles. The van der Waals surface area contributed by atoms with Crippen LogP contribution in [0.5, 0.6) is 11.5 Å². The molecule has 0 fully saturated rings. The number of methoxy groups -OCH3 is 2. The topological polar surface area (TPSA) is 76.7 Å². The molecule has 7 heteroatoms. The van der Waals surface area contributed by atoms with Crippen LogP contribution in [0.1, 0.15) is 20.7 Å². The van der Waals surface area contributed by atoms with E-state index >= 15 is 0 Å². The molecule has 0 saturated carbocycles. The normalized spacial score (nSPS) is 10.2. The smallest absolute Gasteiger partial charge is 0.257 e. The van der Waals surface area contributed by atoms with Gasteiger partial charge in [-0.1, -0.05) is 12.1 Å². The van der Waals surface area contributed by atoms with Crippen molar-refractivity contribution in [1.82, 2.24) is 0 Å². The second-order valence-electron chi connectivity index (χ2n) is 6.03. The number of benzene rings is 3. The lowest BCUT2D eigenvalue weighted by Crippen LogP contribution is -2.18. The maximum Gasteiger partial charge on any atom is 0.257 e. The van der Waals surface area contributed by atoms with E-state index in [2.05, 4.69) is 10.6 Å². The first-order chi connectivity index (χ1) is 14.0. The molecule has 3 rings (SSSR count). The summed E-state index contributed by atoms with van der Waals surface area (Å²) in [5.74, 6) is -0.277. The highest BCUT2D eigenvalue weighted by atomic mass is 19.1. The quantitative estimate of drug-likeness (QED) is 0.652. The van der Waals surface area contributed by atoms with Gasteiger partial charge in [-0.2, -0.15) is 0 Å². The molecule has 3 aromatic carbocycles. The number of rotatable bonds is 6. The van der Waals surface area contributed by atoms with Gasteiger partial charge in [0, 0.05) is 17.3 Å². The molecule has 0 aliphatic rings. The predicted octanol–water partition coefficient (Wildman–Crippen LogP) is 4.35. The Hall–Kier alpha value is -3.87. The summed E-state index contributed by atoms with van der Waals surface area (Å²) in [5.41, 5.74) is 1.39. The average molecular weight is 394 g/mol. The van der Waals surface area contributed by atoms with Crippen molar-refractivity contribution in [2.24, 2.45) is 0 Å². The van der Waals surface area contributed by atoms with Gasteiger partial charge in [-0.15, -0.1) is 0 Å². The van der Waals surface area contributed by atoms with Gasteiger partial charge >= 0.3 is 0 Å². The van der Waals surface area contributed by atoms with Gasteiger partial charge in [0.15, 0.2) is 11.5 Å². The van der Waals surface area contributed by atoms with Crippen molar-refractivity contribution in [2.75, 3.05) is 24.9 Å². The number of halogens is 1. The molecule has 0 atom stereocenters. The average Bonchev–Trinajstić information content (AvgIpc) is 2.74. The van der Waals surface area contributed by atoms with E-state index in [-0.39, 0.29) is 11.1 Å². The molecule has 0 spiro atoms. The van der Waals surface area contributed by atoms with Crippen LogP contribution in [0.15, 0.2) is 66.7 Å². The van der Waals surface area contributed by atoms with E-state index in [0.717, 1.165) is 0 Å². The Morgan fingerprint density at radius 3 is 2.17 bits per heavy atom. The van der Waals surface area contributed by atoms with Crippen LogP contribution in [0.3, 0.4) is 0 Å². The summed E-state index contributed by atoms with van der Waals surface area (Å²) >= 11 is 0. The van der Waals surface area contributed by atoms with Gasteiger partial charge in [0.25, 0.3) is 11.8 Å². The molecule has 29 heavy (non-hydrogen) atoms. The van der Waals surface area contributed by atoms with Crippen LogP contribution >= 0.6 is 0 Å². The Kier molecular flexibility index (Phi) is 6.09. The summed E-state index contributed by atoms with van der Waals surface area (Å²) in [4.78, 5) is 25.2. The van der Waals surface area contributed by atoms with E-state index in [9.17, 15) is 14.0 Å². The Morgan fingerprint density at radius 2 is 1.48 bits per heavy atom. The second-order valence-corrected chi connectivity index (χ2v) is 6.03. The Balaban J connectivity index is 1.80. The fourth-order valence-corrected chi connectivity index (χ4v) is 2.70. The molecule has 2 N–H and O–H groups in total. The highest BCUT2D eigenvalue weighted by molar-refractivity contribution is 6.12. The van der Waals surface area contributed by atoms with Gasteiger partial charge < -0.3 is 20.1 Å². The first-order valence-electron chi connectivity index (χ1n) is 8.71. The molecule has 0 saturated heterocycles. The number of hydrogen-bond acceptors (Lipinski definition) is 4. The zero-order valence-electron chi connectivity index (χ0n) is 15.9. The SMILES string of the molecule is COc1ccc(NC(=O)c2ccccc2NC(=O)c2ccc(F)cc2)cc1OC. The number of amides is 2. The lowest BCUT2D eigenvalue weighted by atomic mass is 10.1. The molecule has 0 aromatic heterocycles. The standard InChI is InChI=1S/C22H19FN2O4/c1-28-19-12-11-16(13-20(19)29-2)24-22(27)17-5-3-4-6-18(17)25-21(26)14-7-9-15(23)10-8-14/h3-13H,1-2H3,(H,24,27)(H,25,26). The summed E-state index contributed by atoms with van der Waals surface area (Å²) in [6.07, 6.45) is 0. The third-order valence-electron chi connectivity index (χ3n) is 4.17. The molecule has 6 nitrogen and oxygen atoms in total. The molecule has 3 aromatic rings. The first kappa shape index (κ1) is 19.9. The minimum atomic E-state index is -0.448. The molecular formula is C22H19FN2O4. The van der Waals surface area contributed by atoms with Crippen molar-refractivity contribution < 1.29 is 23.5 Å². The highest BCUT2D eigenvalue weighted by Crippen LogP contribution is 2.30. The third-order valence-corrected chi connectivity index (χ3v) is 4.17. The van der Waals surface area contributed by atoms with E-state index in [1.165, 1.54) is 38.5 Å². The molecular weight excluding hydrogens is 375 g/mol. The van der Waals surface area contributed by atoms with Crippen LogP contribution in [-0.2, 0) is 0 Å². The minimum Gasteiger partial charge on any atom is -0.493 e. The fraction of sp³-hybridized carbons (Fsp3) is 0.0909. The number of carbonyl (C=O) groups excluding carboxylic acids is 2. The molecule has 0 unspecified atom stereocenters. The van der Waals surface area contributed by atoms with E-state index in [1.54, 1.807) is 42.5 Å². The van der Waals surface area contributed by atoms with Crippen molar-refractivity contribution in [1.29, 1.82) is 0 Å². The molecule has 0 bridgehead atoms. The van der Waals surface area contributed by atoms with Gasteiger partial charge in [-0.3, -0.25) is 9.59 Å². The molecule has 0 heterocycles. The lowest BCUT2D eigenvalue weighted by molar-refractivity contribution is 0.102. The van der Waals surface area contributed by atoms with E-state index in [1.807, 2.05) is 0 Å². The monoisotopic (exact) mass is 394 g/mol.